The molecule has 0 bridgehead atoms. The summed E-state index contributed by atoms with van der Waals surface area (Å²) in [5.74, 6) is -5.21. The monoisotopic (exact) mass is 570 g/mol. The number of fused-ring (bicyclic) bond motifs is 1. The Hall–Kier alpha value is -3.30. The van der Waals surface area contributed by atoms with E-state index in [-0.39, 0.29) is 11.2 Å². The van der Waals surface area contributed by atoms with Crippen LogP contribution in [0.15, 0.2) is 48.7 Å². The van der Waals surface area contributed by atoms with Crippen LogP contribution in [0.3, 0.4) is 0 Å². The van der Waals surface area contributed by atoms with Crippen LogP contribution in [0.5, 0.6) is 0 Å². The van der Waals surface area contributed by atoms with E-state index in [4.69, 9.17) is 29.3 Å². The van der Waals surface area contributed by atoms with Crippen LogP contribution in [0.25, 0.3) is 0 Å². The number of aromatic nitrogens is 1. The maximum Gasteiger partial charge on any atom is 0.490 e. The van der Waals surface area contributed by atoms with Gasteiger partial charge in [-0.25, -0.2) is 14.0 Å². The lowest BCUT2D eigenvalue weighted by Gasteiger charge is -2.27. The second kappa shape index (κ2) is 13.7. The molecule has 39 heavy (non-hydrogen) atoms. The highest BCUT2D eigenvalue weighted by Crippen LogP contribution is 2.42. The van der Waals surface area contributed by atoms with Gasteiger partial charge in [-0.3, -0.25) is 9.88 Å². The molecule has 8 nitrogen and oxygen atoms in total. The lowest BCUT2D eigenvalue weighted by Crippen LogP contribution is -2.35. The fourth-order valence-electron chi connectivity index (χ4n) is 4.00. The molecule has 216 valence electrons. The summed E-state index contributed by atoms with van der Waals surface area (Å²) in [6.07, 6.45) is -8.38. The number of carboxylic acids is 2. The largest absolute Gasteiger partial charge is 0.490 e. The minimum Gasteiger partial charge on any atom is -0.475 e. The third-order valence-electron chi connectivity index (χ3n) is 5.74. The number of nitrogens with zero attached hydrogens (tertiary/aromatic N) is 2. The maximum absolute atomic E-state index is 13.4. The summed E-state index contributed by atoms with van der Waals surface area (Å²) >= 11 is 0. The van der Waals surface area contributed by atoms with Crippen molar-refractivity contribution in [3.63, 3.8) is 0 Å². The zero-order valence-electron chi connectivity index (χ0n) is 20.2. The molecule has 0 radical (unpaired) electrons. The summed E-state index contributed by atoms with van der Waals surface area (Å²) in [5.41, 5.74) is 2.01. The number of hydrogen-bond donors (Lipinski definition) is 2. The Balaban J connectivity index is 0.000000317. The zero-order valence-corrected chi connectivity index (χ0v) is 20.2. The van der Waals surface area contributed by atoms with E-state index in [1.807, 2.05) is 24.3 Å². The summed E-state index contributed by atoms with van der Waals surface area (Å²) in [5, 5.41) is 14.2. The predicted octanol–water partition coefficient (Wildman–Crippen LogP) is 4.15. The number of alkyl halides is 6. The molecule has 1 aromatic heterocycles. The van der Waals surface area contributed by atoms with Gasteiger partial charge in [0.2, 0.25) is 0 Å². The number of aliphatic carboxylic acids is 2. The van der Waals surface area contributed by atoms with Crippen LogP contribution in [-0.2, 0) is 32.2 Å². The van der Waals surface area contributed by atoms with E-state index in [1.165, 1.54) is 6.07 Å². The summed E-state index contributed by atoms with van der Waals surface area (Å²) in [6, 6.07) is 12.7. The molecule has 2 aromatic rings. The number of hydrogen-bond acceptors (Lipinski definition) is 6. The van der Waals surface area contributed by atoms with E-state index in [2.05, 4.69) is 9.88 Å². The molecule has 2 N–H and O–H groups in total. The number of likely N-dealkylation sites (tertiary alicyclic amines) is 1. The van der Waals surface area contributed by atoms with E-state index < -0.39 is 24.3 Å². The van der Waals surface area contributed by atoms with Crippen LogP contribution in [0.1, 0.15) is 11.3 Å². The Labute approximate surface area is 218 Å². The summed E-state index contributed by atoms with van der Waals surface area (Å²) < 4.78 is 88.6. The van der Waals surface area contributed by atoms with Crippen molar-refractivity contribution in [3.8, 4) is 0 Å². The van der Waals surface area contributed by atoms with Crippen molar-refractivity contribution in [2.24, 2.45) is 11.3 Å². The molecule has 2 fully saturated rings. The third kappa shape index (κ3) is 10.4. The number of rotatable bonds is 6. The molecule has 0 saturated carbocycles. The maximum atomic E-state index is 13.4. The van der Waals surface area contributed by atoms with Gasteiger partial charge in [-0.2, -0.15) is 26.3 Å². The first-order chi connectivity index (χ1) is 18.1. The first-order valence-electron chi connectivity index (χ1n) is 11.2. The van der Waals surface area contributed by atoms with E-state index in [9.17, 15) is 30.7 Å². The highest BCUT2D eigenvalue weighted by molar-refractivity contribution is 5.73. The molecule has 3 heterocycles. The summed E-state index contributed by atoms with van der Waals surface area (Å²) in [6.45, 7) is 5.40. The molecular formula is C24H25F7N2O6. The Morgan fingerprint density at radius 3 is 2.23 bits per heavy atom. The molecule has 0 unspecified atom stereocenters. The average molecular weight is 570 g/mol. The average Bonchev–Trinajstić information content (AvgIpc) is 3.36. The lowest BCUT2D eigenvalue weighted by molar-refractivity contribution is -0.193. The summed E-state index contributed by atoms with van der Waals surface area (Å²) in [7, 11) is 0. The molecule has 0 amide bonds. The van der Waals surface area contributed by atoms with Gasteiger partial charge in [0, 0.05) is 37.2 Å². The van der Waals surface area contributed by atoms with E-state index in [0.717, 1.165) is 44.1 Å². The molecule has 4 rings (SSSR count). The highest BCUT2D eigenvalue weighted by atomic mass is 19.4. The van der Waals surface area contributed by atoms with Crippen LogP contribution in [0.4, 0.5) is 30.7 Å². The molecule has 15 heteroatoms. The molecule has 0 aliphatic carbocycles. The van der Waals surface area contributed by atoms with Crippen molar-refractivity contribution in [3.05, 3.63) is 65.7 Å². The quantitative estimate of drug-likeness (QED) is 0.499. The fraction of sp³-hybridized carbons (Fsp3) is 0.458. The van der Waals surface area contributed by atoms with Crippen molar-refractivity contribution in [2.45, 2.75) is 25.5 Å². The standard InChI is InChI=1S/C20H23FN2O2.2C2HF3O2/c21-18-5-3-4-16(8-18)9-23-10-17-11-24-14-20(17,13-23)15-25-12-19-6-1-2-7-22-19;2*3-2(4,5)1(6)7/h1-8,17H,9-15H2;2*(H,6,7)/t17-,20+;;/m1../s1. The molecule has 1 aromatic carbocycles. The number of carbonyl (C=O) groups is 2. The van der Waals surface area contributed by atoms with E-state index >= 15 is 0 Å². The first kappa shape index (κ1) is 31.9. The molecular weight excluding hydrogens is 545 g/mol. The number of pyridine rings is 1. The number of halogens is 7. The minimum atomic E-state index is -5.08. The number of carboxylic acid groups (broad SMARTS) is 2. The van der Waals surface area contributed by atoms with Gasteiger partial charge in [0.1, 0.15) is 5.82 Å². The van der Waals surface area contributed by atoms with Crippen molar-refractivity contribution >= 4 is 11.9 Å². The van der Waals surface area contributed by atoms with Crippen LogP contribution in [-0.4, -0.2) is 77.3 Å². The number of ether oxygens (including phenoxy) is 2. The van der Waals surface area contributed by atoms with Gasteiger partial charge in [-0.05, 0) is 29.8 Å². The van der Waals surface area contributed by atoms with E-state index in [1.54, 1.807) is 18.3 Å². The third-order valence-corrected chi connectivity index (χ3v) is 5.74. The minimum absolute atomic E-state index is 0.0438. The topological polar surface area (TPSA) is 109 Å². The first-order valence-corrected chi connectivity index (χ1v) is 11.2. The summed E-state index contributed by atoms with van der Waals surface area (Å²) in [4.78, 5) is 24.5. The van der Waals surface area contributed by atoms with Gasteiger partial charge in [-0.1, -0.05) is 18.2 Å². The fourth-order valence-corrected chi connectivity index (χ4v) is 4.00. The highest BCUT2D eigenvalue weighted by Gasteiger charge is 2.50. The van der Waals surface area contributed by atoms with Gasteiger partial charge in [0.15, 0.2) is 0 Å². The van der Waals surface area contributed by atoms with Gasteiger partial charge in [0.05, 0.1) is 32.1 Å². The SMILES string of the molecule is Fc1cccc(CN2C[C@@H]3COC[C@]3(COCc3ccccn3)C2)c1.O=C(O)C(F)(F)F.O=C(O)C(F)(F)F. The van der Waals surface area contributed by atoms with Gasteiger partial charge >= 0.3 is 24.3 Å². The van der Waals surface area contributed by atoms with E-state index in [0.29, 0.717) is 19.1 Å². The number of benzene rings is 1. The van der Waals surface area contributed by atoms with Crippen molar-refractivity contribution in [1.82, 2.24) is 9.88 Å². The molecule has 0 spiro atoms. The molecule has 2 aliphatic rings. The van der Waals surface area contributed by atoms with Gasteiger partial charge in [-0.15, -0.1) is 0 Å². The Morgan fingerprint density at radius 2 is 1.69 bits per heavy atom. The van der Waals surface area contributed by atoms with Crippen LogP contribution in [0, 0.1) is 17.2 Å². The van der Waals surface area contributed by atoms with Crippen molar-refractivity contribution in [1.29, 1.82) is 0 Å². The zero-order chi connectivity index (χ0) is 29.3. The van der Waals surface area contributed by atoms with Gasteiger partial charge < -0.3 is 19.7 Å². The Kier molecular flexibility index (Phi) is 11.2. The van der Waals surface area contributed by atoms with Crippen LogP contribution < -0.4 is 0 Å². The van der Waals surface area contributed by atoms with Crippen molar-refractivity contribution in [2.75, 3.05) is 32.9 Å². The van der Waals surface area contributed by atoms with Crippen LogP contribution >= 0.6 is 0 Å². The van der Waals surface area contributed by atoms with Crippen molar-refractivity contribution < 1.29 is 60.0 Å². The molecule has 2 saturated heterocycles. The Morgan fingerprint density at radius 1 is 1.05 bits per heavy atom. The lowest BCUT2D eigenvalue weighted by atomic mass is 9.82. The van der Waals surface area contributed by atoms with Gasteiger partial charge in [0.25, 0.3) is 0 Å². The molecule has 2 atom stereocenters. The smallest absolute Gasteiger partial charge is 0.475 e. The normalized spacial score (nSPS) is 20.7. The molecule has 2 aliphatic heterocycles. The predicted molar refractivity (Wildman–Crippen MR) is 120 cm³/mol. The second-order valence-corrected chi connectivity index (χ2v) is 8.79. The van der Waals surface area contributed by atoms with Crippen LogP contribution in [0.2, 0.25) is 0 Å². The second-order valence-electron chi connectivity index (χ2n) is 8.79. The Bertz CT molecular complexity index is 1060.